The Morgan fingerprint density at radius 3 is 2.50 bits per heavy atom. The van der Waals surface area contributed by atoms with E-state index in [9.17, 15) is 20.0 Å². The van der Waals surface area contributed by atoms with Crippen LogP contribution in [0.4, 0.5) is 5.00 Å². The number of hydrogen-bond acceptors (Lipinski definition) is 6. The van der Waals surface area contributed by atoms with Crippen LogP contribution in [0.3, 0.4) is 0 Å². The van der Waals surface area contributed by atoms with Gasteiger partial charge < -0.3 is 20.1 Å². The summed E-state index contributed by atoms with van der Waals surface area (Å²) in [7, 11) is 0. The zero-order valence-electron chi connectivity index (χ0n) is 15.1. The molecule has 0 spiro atoms. The molecule has 0 bridgehead atoms. The molecule has 3 rings (SSSR count). The summed E-state index contributed by atoms with van der Waals surface area (Å²) in [5, 5.41) is 23.6. The Hall–Kier alpha value is -2.60. The normalized spacial score (nSPS) is 15.0. The number of halogens is 1. The van der Waals surface area contributed by atoms with Crippen molar-refractivity contribution < 1.29 is 19.4 Å². The molecule has 2 N–H and O–H groups in total. The topological polar surface area (TPSA) is 103 Å². The first-order valence-electron chi connectivity index (χ1n) is 8.57. The highest BCUT2D eigenvalue weighted by Crippen LogP contribution is 2.41. The molecule has 1 atom stereocenters. The van der Waals surface area contributed by atoms with Crippen molar-refractivity contribution in [2.24, 2.45) is 0 Å². The average molecular weight is 420 g/mol. The molecule has 28 heavy (non-hydrogen) atoms. The fraction of sp³-hybridized carbons (Fsp3) is 0.316. The Morgan fingerprint density at radius 2 is 1.96 bits per heavy atom. The number of benzene rings is 1. The van der Waals surface area contributed by atoms with Crippen molar-refractivity contribution in [1.29, 1.82) is 5.26 Å². The zero-order chi connectivity index (χ0) is 20.3. The van der Waals surface area contributed by atoms with Crippen molar-refractivity contribution in [2.75, 3.05) is 31.2 Å². The largest absolute Gasteiger partial charge is 0.477 e. The summed E-state index contributed by atoms with van der Waals surface area (Å²) in [6.07, 6.45) is 0. The Kier molecular flexibility index (Phi) is 6.19. The number of ether oxygens (including phenoxy) is 1. The van der Waals surface area contributed by atoms with Crippen LogP contribution < -0.4 is 10.2 Å². The SMILES string of the molecule is CC(=O)NC(c1ccc(Cl)cc1)c1c(C(=O)O)sc(N2CCOCC2)c1C#N. The number of carbonyl (C=O) groups is 2. The van der Waals surface area contributed by atoms with Crippen LogP contribution in [0.15, 0.2) is 24.3 Å². The van der Waals surface area contributed by atoms with Gasteiger partial charge in [0.15, 0.2) is 0 Å². The molecule has 1 saturated heterocycles. The highest BCUT2D eigenvalue weighted by molar-refractivity contribution is 7.18. The summed E-state index contributed by atoms with van der Waals surface area (Å²) in [4.78, 5) is 25.8. The van der Waals surface area contributed by atoms with Gasteiger partial charge in [0, 0.05) is 30.6 Å². The third-order valence-electron chi connectivity index (χ3n) is 4.37. The number of carbonyl (C=O) groups excluding carboxylic acids is 1. The van der Waals surface area contributed by atoms with Crippen molar-refractivity contribution in [2.45, 2.75) is 13.0 Å². The molecule has 2 aromatic rings. The van der Waals surface area contributed by atoms with E-state index in [1.807, 2.05) is 4.90 Å². The van der Waals surface area contributed by atoms with Crippen molar-refractivity contribution >= 4 is 39.8 Å². The van der Waals surface area contributed by atoms with Crippen LogP contribution in [0.25, 0.3) is 0 Å². The Bertz CT molecular complexity index is 930. The quantitative estimate of drug-likeness (QED) is 0.772. The fourth-order valence-corrected chi connectivity index (χ4v) is 4.45. The first-order chi connectivity index (χ1) is 13.4. The monoisotopic (exact) mass is 419 g/mol. The Labute approximate surface area is 171 Å². The van der Waals surface area contributed by atoms with Gasteiger partial charge in [-0.25, -0.2) is 4.79 Å². The minimum atomic E-state index is -1.14. The van der Waals surface area contributed by atoms with E-state index in [0.717, 1.165) is 11.3 Å². The molecule has 0 radical (unpaired) electrons. The molecule has 0 saturated carbocycles. The predicted octanol–water partition coefficient (Wildman–Crippen LogP) is 3.03. The minimum Gasteiger partial charge on any atom is -0.477 e. The molecule has 1 aliphatic heterocycles. The minimum absolute atomic E-state index is 0.0340. The number of hydrogen-bond donors (Lipinski definition) is 2. The number of nitrogens with one attached hydrogen (secondary N) is 1. The van der Waals surface area contributed by atoms with Gasteiger partial charge in [-0.3, -0.25) is 4.79 Å². The number of morpholine rings is 1. The number of amides is 1. The lowest BCUT2D eigenvalue weighted by Gasteiger charge is -2.28. The second kappa shape index (κ2) is 8.61. The van der Waals surface area contributed by atoms with E-state index in [4.69, 9.17) is 16.3 Å². The van der Waals surface area contributed by atoms with Crippen LogP contribution >= 0.6 is 22.9 Å². The molecule has 2 heterocycles. The van der Waals surface area contributed by atoms with Crippen LogP contribution in [0, 0.1) is 11.3 Å². The van der Waals surface area contributed by atoms with Gasteiger partial charge in [-0.2, -0.15) is 5.26 Å². The summed E-state index contributed by atoms with van der Waals surface area (Å²) in [5.74, 6) is -1.47. The van der Waals surface area contributed by atoms with Crippen LogP contribution in [0.1, 0.15) is 39.3 Å². The van der Waals surface area contributed by atoms with Gasteiger partial charge in [-0.15, -0.1) is 11.3 Å². The first kappa shape index (κ1) is 20.1. The first-order valence-corrected chi connectivity index (χ1v) is 9.77. The van der Waals surface area contributed by atoms with Gasteiger partial charge in [-0.05, 0) is 17.7 Å². The number of nitrogens with zero attached hydrogens (tertiary/aromatic N) is 2. The van der Waals surface area contributed by atoms with E-state index in [1.165, 1.54) is 6.92 Å². The van der Waals surface area contributed by atoms with E-state index in [-0.39, 0.29) is 16.3 Å². The maximum Gasteiger partial charge on any atom is 0.346 e. The fourth-order valence-electron chi connectivity index (χ4n) is 3.14. The Morgan fingerprint density at radius 1 is 1.32 bits per heavy atom. The van der Waals surface area contributed by atoms with Gasteiger partial charge >= 0.3 is 5.97 Å². The van der Waals surface area contributed by atoms with Crippen molar-refractivity contribution in [3.63, 3.8) is 0 Å². The third-order valence-corrected chi connectivity index (χ3v) is 5.88. The maximum absolute atomic E-state index is 12.0. The van der Waals surface area contributed by atoms with Crippen molar-refractivity contribution in [3.8, 4) is 6.07 Å². The van der Waals surface area contributed by atoms with Crippen LogP contribution in [0.5, 0.6) is 0 Å². The summed E-state index contributed by atoms with van der Waals surface area (Å²) in [5.41, 5.74) is 1.20. The molecule has 1 aromatic carbocycles. The number of anilines is 1. The Balaban J connectivity index is 2.18. The summed E-state index contributed by atoms with van der Waals surface area (Å²) in [6, 6.07) is 8.12. The molecule has 0 aliphatic carbocycles. The van der Waals surface area contributed by atoms with E-state index in [0.29, 0.717) is 47.5 Å². The molecule has 9 heteroatoms. The summed E-state index contributed by atoms with van der Waals surface area (Å²) >= 11 is 7.01. The maximum atomic E-state index is 12.0. The predicted molar refractivity (Wildman–Crippen MR) is 106 cm³/mol. The molecular formula is C19H18ClN3O4S. The lowest BCUT2D eigenvalue weighted by Crippen LogP contribution is -2.36. The number of aromatic carboxylic acids is 1. The number of nitriles is 1. The zero-order valence-corrected chi connectivity index (χ0v) is 16.6. The van der Waals surface area contributed by atoms with E-state index in [1.54, 1.807) is 24.3 Å². The third kappa shape index (κ3) is 4.12. The number of carboxylic acids is 1. The van der Waals surface area contributed by atoms with Crippen molar-refractivity contribution in [3.05, 3.63) is 50.9 Å². The second-order valence-corrected chi connectivity index (χ2v) is 7.66. The molecule has 7 nitrogen and oxygen atoms in total. The lowest BCUT2D eigenvalue weighted by molar-refractivity contribution is -0.119. The molecule has 1 unspecified atom stereocenters. The second-order valence-electron chi connectivity index (χ2n) is 6.23. The van der Waals surface area contributed by atoms with Gasteiger partial charge in [-0.1, -0.05) is 23.7 Å². The van der Waals surface area contributed by atoms with Gasteiger partial charge in [0.1, 0.15) is 15.9 Å². The molecule has 1 aromatic heterocycles. The molecular weight excluding hydrogens is 402 g/mol. The van der Waals surface area contributed by atoms with Crippen LogP contribution in [0.2, 0.25) is 5.02 Å². The molecule has 1 fully saturated rings. The van der Waals surface area contributed by atoms with Crippen LogP contribution in [-0.4, -0.2) is 43.3 Å². The highest BCUT2D eigenvalue weighted by Gasteiger charge is 2.32. The number of carboxylic acid groups (broad SMARTS) is 1. The van der Waals surface area contributed by atoms with Crippen LogP contribution in [-0.2, 0) is 9.53 Å². The average Bonchev–Trinajstić information content (AvgIpc) is 3.07. The summed E-state index contributed by atoms with van der Waals surface area (Å²) in [6.45, 7) is 3.50. The van der Waals surface area contributed by atoms with Gasteiger partial charge in [0.2, 0.25) is 5.91 Å². The van der Waals surface area contributed by atoms with Gasteiger partial charge in [0.25, 0.3) is 0 Å². The molecule has 1 aliphatic rings. The number of rotatable bonds is 5. The van der Waals surface area contributed by atoms with Crippen molar-refractivity contribution in [1.82, 2.24) is 5.32 Å². The smallest absolute Gasteiger partial charge is 0.346 e. The molecule has 1 amide bonds. The number of thiophene rings is 1. The van der Waals surface area contributed by atoms with E-state index < -0.39 is 12.0 Å². The van der Waals surface area contributed by atoms with Gasteiger partial charge in [0.05, 0.1) is 24.8 Å². The lowest BCUT2D eigenvalue weighted by atomic mass is 9.95. The standard InChI is InChI=1S/C19H18ClN3O4S/c1-11(24)22-16(12-2-4-13(20)5-3-12)15-14(10-21)18(28-17(15)19(25)26)23-6-8-27-9-7-23/h2-5,16H,6-9H2,1H3,(H,22,24)(H,25,26). The summed E-state index contributed by atoms with van der Waals surface area (Å²) < 4.78 is 5.35. The highest BCUT2D eigenvalue weighted by atomic mass is 35.5. The van der Waals surface area contributed by atoms with E-state index in [2.05, 4.69) is 11.4 Å². The molecule has 146 valence electrons. The van der Waals surface area contributed by atoms with E-state index >= 15 is 0 Å².